The number of nitrogens with one attached hydrogen (secondary N) is 1. The van der Waals surface area contributed by atoms with E-state index in [1.54, 1.807) is 35.1 Å². The molecule has 0 fully saturated rings. The van der Waals surface area contributed by atoms with Crippen molar-refractivity contribution in [3.05, 3.63) is 59.9 Å². The number of amides is 1. The number of aromatic nitrogens is 2. The fraction of sp³-hybridized carbons (Fsp3) is 0.333. The van der Waals surface area contributed by atoms with Crippen LogP contribution in [0.4, 0.5) is 0 Å². The van der Waals surface area contributed by atoms with Crippen LogP contribution in [0.15, 0.2) is 48.8 Å². The van der Waals surface area contributed by atoms with Gasteiger partial charge in [0, 0.05) is 24.4 Å². The molecule has 1 aromatic heterocycles. The molecule has 0 saturated carbocycles. The molecule has 1 N–H and O–H groups in total. The summed E-state index contributed by atoms with van der Waals surface area (Å²) in [6, 6.07) is 7.07. The van der Waals surface area contributed by atoms with E-state index in [2.05, 4.69) is 17.0 Å². The van der Waals surface area contributed by atoms with Crippen molar-refractivity contribution in [2.75, 3.05) is 6.61 Å². The van der Waals surface area contributed by atoms with Gasteiger partial charge in [-0.05, 0) is 43.2 Å². The number of carbonyl (C=O) groups is 1. The van der Waals surface area contributed by atoms with Crippen molar-refractivity contribution in [2.24, 2.45) is 7.05 Å². The van der Waals surface area contributed by atoms with Crippen molar-refractivity contribution in [2.45, 2.75) is 26.3 Å². The van der Waals surface area contributed by atoms with Crippen molar-refractivity contribution < 1.29 is 9.53 Å². The Morgan fingerprint density at radius 3 is 2.61 bits per heavy atom. The van der Waals surface area contributed by atoms with Crippen LogP contribution < -0.4 is 10.1 Å². The first-order valence-corrected chi connectivity index (χ1v) is 7.66. The minimum Gasteiger partial charge on any atom is -0.489 e. The molecule has 122 valence electrons. The number of carbonyl (C=O) groups excluding carboxylic acids is 1. The lowest BCUT2D eigenvalue weighted by Crippen LogP contribution is -2.27. The number of nitrogens with zero attached hydrogens (tertiary/aromatic N) is 2. The van der Waals surface area contributed by atoms with Gasteiger partial charge in [-0.15, -0.1) is 0 Å². The zero-order valence-corrected chi connectivity index (χ0v) is 13.9. The molecule has 0 aliphatic carbocycles. The van der Waals surface area contributed by atoms with Crippen LogP contribution in [0.2, 0.25) is 0 Å². The molecule has 1 atom stereocenters. The molecule has 2 rings (SSSR count). The van der Waals surface area contributed by atoms with E-state index in [1.165, 1.54) is 0 Å². The molecular formula is C18H23N3O2. The van der Waals surface area contributed by atoms with Crippen molar-refractivity contribution in [1.82, 2.24) is 15.1 Å². The van der Waals surface area contributed by atoms with Gasteiger partial charge in [0.25, 0.3) is 5.91 Å². The third kappa shape index (κ3) is 4.71. The van der Waals surface area contributed by atoms with E-state index >= 15 is 0 Å². The van der Waals surface area contributed by atoms with E-state index in [1.807, 2.05) is 27.1 Å². The largest absolute Gasteiger partial charge is 0.489 e. The number of aryl methyl sites for hydroxylation is 1. The highest BCUT2D eigenvalue weighted by Crippen LogP contribution is 2.17. The predicted octanol–water partition coefficient (Wildman–Crippen LogP) is 3.26. The van der Waals surface area contributed by atoms with Crippen molar-refractivity contribution in [1.29, 1.82) is 0 Å². The molecule has 2 aromatic rings. The van der Waals surface area contributed by atoms with E-state index in [9.17, 15) is 4.79 Å². The SMILES string of the molecule is C=C(C)COc1ccc(C(=O)N[C@H](CC)c2cnn(C)c2)cc1. The minimum atomic E-state index is -0.104. The molecule has 5 nitrogen and oxygen atoms in total. The van der Waals surface area contributed by atoms with Crippen LogP contribution in [0.1, 0.15) is 42.2 Å². The maximum atomic E-state index is 12.4. The number of hydrogen-bond donors (Lipinski definition) is 1. The van der Waals surface area contributed by atoms with E-state index in [0.29, 0.717) is 12.2 Å². The van der Waals surface area contributed by atoms with Gasteiger partial charge in [-0.1, -0.05) is 13.5 Å². The number of rotatable bonds is 7. The topological polar surface area (TPSA) is 56.1 Å². The number of ether oxygens (including phenoxy) is 1. The fourth-order valence-electron chi connectivity index (χ4n) is 2.19. The summed E-state index contributed by atoms with van der Waals surface area (Å²) < 4.78 is 7.27. The van der Waals surface area contributed by atoms with Gasteiger partial charge in [0.15, 0.2) is 0 Å². The second-order valence-electron chi connectivity index (χ2n) is 5.65. The highest BCUT2D eigenvalue weighted by atomic mass is 16.5. The average Bonchev–Trinajstić information content (AvgIpc) is 2.97. The van der Waals surface area contributed by atoms with Crippen molar-refractivity contribution >= 4 is 5.91 Å². The summed E-state index contributed by atoms with van der Waals surface area (Å²) in [7, 11) is 1.86. The van der Waals surface area contributed by atoms with Gasteiger partial charge in [0.1, 0.15) is 12.4 Å². The summed E-state index contributed by atoms with van der Waals surface area (Å²) >= 11 is 0. The molecule has 5 heteroatoms. The van der Waals surface area contributed by atoms with Gasteiger partial charge in [0.05, 0.1) is 12.2 Å². The maximum absolute atomic E-state index is 12.4. The molecule has 0 unspecified atom stereocenters. The first-order valence-electron chi connectivity index (χ1n) is 7.66. The Morgan fingerprint density at radius 2 is 2.09 bits per heavy atom. The lowest BCUT2D eigenvalue weighted by Gasteiger charge is -2.15. The van der Waals surface area contributed by atoms with Gasteiger partial charge < -0.3 is 10.1 Å². The second-order valence-corrected chi connectivity index (χ2v) is 5.65. The second kappa shape index (κ2) is 7.63. The fourth-order valence-corrected chi connectivity index (χ4v) is 2.19. The standard InChI is InChI=1S/C18H23N3O2/c1-5-17(15-10-19-21(4)11-15)20-18(22)14-6-8-16(9-7-14)23-12-13(2)3/h6-11,17H,2,5,12H2,1,3-4H3,(H,20,22)/t17-/m1/s1. The van der Waals surface area contributed by atoms with Crippen LogP contribution in [-0.2, 0) is 7.05 Å². The first-order chi connectivity index (χ1) is 11.0. The van der Waals surface area contributed by atoms with Gasteiger partial charge in [-0.2, -0.15) is 5.10 Å². The molecular weight excluding hydrogens is 290 g/mol. The Kier molecular flexibility index (Phi) is 5.57. The lowest BCUT2D eigenvalue weighted by atomic mass is 10.1. The molecule has 0 bridgehead atoms. The molecule has 0 aliphatic heterocycles. The maximum Gasteiger partial charge on any atom is 0.251 e. The Labute approximate surface area is 137 Å². The third-order valence-corrected chi connectivity index (χ3v) is 3.44. The normalized spacial score (nSPS) is 11.8. The molecule has 1 aromatic carbocycles. The monoisotopic (exact) mass is 313 g/mol. The summed E-state index contributed by atoms with van der Waals surface area (Å²) in [5, 5.41) is 7.19. The summed E-state index contributed by atoms with van der Waals surface area (Å²) in [6.45, 7) is 8.21. The predicted molar refractivity (Wildman–Crippen MR) is 90.5 cm³/mol. The van der Waals surface area contributed by atoms with Gasteiger partial charge >= 0.3 is 0 Å². The highest BCUT2D eigenvalue weighted by Gasteiger charge is 2.15. The van der Waals surface area contributed by atoms with E-state index in [-0.39, 0.29) is 11.9 Å². The van der Waals surface area contributed by atoms with Crippen LogP contribution in [0, 0.1) is 0 Å². The van der Waals surface area contributed by atoms with Crippen LogP contribution in [-0.4, -0.2) is 22.3 Å². The molecule has 0 aliphatic rings. The van der Waals surface area contributed by atoms with Gasteiger partial charge in [0.2, 0.25) is 0 Å². The average molecular weight is 313 g/mol. The molecule has 0 spiro atoms. The van der Waals surface area contributed by atoms with E-state index in [4.69, 9.17) is 4.74 Å². The summed E-state index contributed by atoms with van der Waals surface area (Å²) in [5.41, 5.74) is 2.56. The zero-order chi connectivity index (χ0) is 16.8. The third-order valence-electron chi connectivity index (χ3n) is 3.44. The van der Waals surface area contributed by atoms with E-state index < -0.39 is 0 Å². The molecule has 0 radical (unpaired) electrons. The Balaban J connectivity index is 2.00. The zero-order valence-electron chi connectivity index (χ0n) is 13.9. The molecule has 0 saturated heterocycles. The highest BCUT2D eigenvalue weighted by molar-refractivity contribution is 5.94. The minimum absolute atomic E-state index is 0.0458. The Hall–Kier alpha value is -2.56. The van der Waals surface area contributed by atoms with E-state index in [0.717, 1.165) is 23.3 Å². The molecule has 1 heterocycles. The molecule has 23 heavy (non-hydrogen) atoms. The Bertz CT molecular complexity index is 674. The summed E-state index contributed by atoms with van der Waals surface area (Å²) in [5.74, 6) is 0.621. The number of hydrogen-bond acceptors (Lipinski definition) is 3. The van der Waals surface area contributed by atoms with Crippen LogP contribution >= 0.6 is 0 Å². The lowest BCUT2D eigenvalue weighted by molar-refractivity contribution is 0.0935. The first kappa shape index (κ1) is 16.8. The smallest absolute Gasteiger partial charge is 0.251 e. The number of benzene rings is 1. The molecule has 1 amide bonds. The van der Waals surface area contributed by atoms with Crippen LogP contribution in [0.25, 0.3) is 0 Å². The summed E-state index contributed by atoms with van der Waals surface area (Å²) in [6.07, 6.45) is 4.50. The Morgan fingerprint density at radius 1 is 1.39 bits per heavy atom. The van der Waals surface area contributed by atoms with Crippen LogP contribution in [0.3, 0.4) is 0 Å². The summed E-state index contributed by atoms with van der Waals surface area (Å²) in [4.78, 5) is 12.4. The van der Waals surface area contributed by atoms with Crippen LogP contribution in [0.5, 0.6) is 5.75 Å². The quantitative estimate of drug-likeness (QED) is 0.798. The van der Waals surface area contributed by atoms with Gasteiger partial charge in [-0.3, -0.25) is 9.48 Å². The van der Waals surface area contributed by atoms with Crippen molar-refractivity contribution in [3.63, 3.8) is 0 Å². The van der Waals surface area contributed by atoms with Crippen molar-refractivity contribution in [3.8, 4) is 5.75 Å². The van der Waals surface area contributed by atoms with Gasteiger partial charge in [-0.25, -0.2) is 0 Å².